The van der Waals surface area contributed by atoms with Gasteiger partial charge in [0.1, 0.15) is 15.8 Å². The molecule has 3 aromatic rings. The van der Waals surface area contributed by atoms with E-state index in [4.69, 9.17) is 40.5 Å². The summed E-state index contributed by atoms with van der Waals surface area (Å²) in [7, 11) is 0. The highest BCUT2D eigenvalue weighted by atomic mass is 79.9. The van der Waals surface area contributed by atoms with Crippen LogP contribution in [0.25, 0.3) is 0 Å². The van der Waals surface area contributed by atoms with Crippen molar-refractivity contribution in [2.75, 3.05) is 16.4 Å². The third-order valence-corrected chi connectivity index (χ3v) is 7.70. The van der Waals surface area contributed by atoms with Crippen LogP contribution in [-0.2, 0) is 10.7 Å². The number of hydrogen-bond acceptors (Lipinski definition) is 3. The summed E-state index contributed by atoms with van der Waals surface area (Å²) in [5, 5.41) is 4.81. The largest absolute Gasteiger partial charge is 0.394 e. The molecule has 4 N–H and O–H groups in total. The summed E-state index contributed by atoms with van der Waals surface area (Å²) in [5.41, 5.74) is 4.25. The van der Waals surface area contributed by atoms with E-state index < -0.39 is 51.2 Å². The Morgan fingerprint density at radius 1 is 1.05 bits per heavy atom. The van der Waals surface area contributed by atoms with E-state index in [0.717, 1.165) is 19.1 Å². The molecule has 1 aliphatic rings. The van der Waals surface area contributed by atoms with E-state index in [1.54, 1.807) is 6.07 Å². The Morgan fingerprint density at radius 3 is 2.39 bits per heavy atom. The summed E-state index contributed by atoms with van der Waals surface area (Å²) in [6.07, 6.45) is 0. The molecule has 1 fully saturated rings. The number of carbonyl (C=O) groups excluding carboxylic acids is 2. The van der Waals surface area contributed by atoms with Crippen molar-refractivity contribution in [3.8, 4) is 0 Å². The minimum Gasteiger partial charge on any atom is -0.394 e. The van der Waals surface area contributed by atoms with Crippen LogP contribution in [0.2, 0.25) is 5.02 Å². The first kappa shape index (κ1) is 28.5. The second-order valence-corrected chi connectivity index (χ2v) is 11.5. The molecule has 0 heterocycles. The second-order valence-electron chi connectivity index (χ2n) is 8.75. The Labute approximate surface area is 237 Å². The van der Waals surface area contributed by atoms with Crippen molar-refractivity contribution < 1.29 is 27.2 Å². The fourth-order valence-electron chi connectivity index (χ4n) is 3.97. The summed E-state index contributed by atoms with van der Waals surface area (Å²) in [6, 6.07) is 9.91. The zero-order valence-corrected chi connectivity index (χ0v) is 23.0. The van der Waals surface area contributed by atoms with E-state index in [1.165, 1.54) is 30.3 Å². The summed E-state index contributed by atoms with van der Waals surface area (Å²) >= 11 is 22.1. The number of amides is 2. The molecule has 0 saturated heterocycles. The van der Waals surface area contributed by atoms with Crippen LogP contribution in [0.15, 0.2) is 53.0 Å². The first-order valence-electron chi connectivity index (χ1n) is 10.8. The van der Waals surface area contributed by atoms with Gasteiger partial charge in [-0.2, -0.15) is 0 Å². The van der Waals surface area contributed by atoms with Crippen molar-refractivity contribution in [3.05, 3.63) is 86.4 Å². The molecule has 5 nitrogen and oxygen atoms in total. The van der Waals surface area contributed by atoms with E-state index >= 15 is 0 Å². The number of rotatable bonds is 6. The van der Waals surface area contributed by atoms with Crippen LogP contribution in [0.5, 0.6) is 0 Å². The van der Waals surface area contributed by atoms with Crippen LogP contribution in [0.3, 0.4) is 0 Å². The number of benzene rings is 3. The maximum atomic E-state index is 14.2. The van der Waals surface area contributed by atoms with E-state index in [9.17, 15) is 27.2 Å². The van der Waals surface area contributed by atoms with Gasteiger partial charge in [0.25, 0.3) is 11.8 Å². The standard InChI is InChI=1S/C25H17BrCl3F4N3O2/c1-24(32,33)11-6-10(7-12(26)8-11)18-19(25(18,28)29)23(38)35-13-2-3-15(27)14(9-13)22(37)36-17-5-4-16(30)21(34)20(17)31/h2-9,18-19H,34H2,1H3,(H,35,38)(H,36,37). The molecule has 0 bridgehead atoms. The predicted molar refractivity (Wildman–Crippen MR) is 143 cm³/mol. The van der Waals surface area contributed by atoms with E-state index in [0.29, 0.717) is 10.0 Å². The first-order valence-corrected chi connectivity index (χ1v) is 12.8. The molecule has 0 radical (unpaired) electrons. The molecule has 200 valence electrons. The lowest BCUT2D eigenvalue weighted by molar-refractivity contribution is -0.117. The third-order valence-electron chi connectivity index (χ3n) is 5.98. The summed E-state index contributed by atoms with van der Waals surface area (Å²) in [4.78, 5) is 25.8. The van der Waals surface area contributed by atoms with E-state index in [2.05, 4.69) is 26.6 Å². The van der Waals surface area contributed by atoms with Crippen LogP contribution in [-0.4, -0.2) is 16.1 Å². The van der Waals surface area contributed by atoms with Gasteiger partial charge in [-0.15, -0.1) is 23.2 Å². The number of nitrogen functional groups attached to an aromatic ring is 1. The zero-order chi connectivity index (χ0) is 28.2. The van der Waals surface area contributed by atoms with E-state index in [1.807, 2.05) is 0 Å². The average Bonchev–Trinajstić information content (AvgIpc) is 3.41. The van der Waals surface area contributed by atoms with Crippen LogP contribution in [0, 0.1) is 17.6 Å². The number of nitrogens with two attached hydrogens (primary N) is 1. The van der Waals surface area contributed by atoms with Gasteiger partial charge in [0, 0.05) is 28.6 Å². The maximum absolute atomic E-state index is 14.2. The third kappa shape index (κ3) is 5.59. The van der Waals surface area contributed by atoms with Crippen molar-refractivity contribution in [1.29, 1.82) is 0 Å². The lowest BCUT2D eigenvalue weighted by atomic mass is 10.0. The van der Waals surface area contributed by atoms with Crippen LogP contribution < -0.4 is 16.4 Å². The summed E-state index contributed by atoms with van der Waals surface area (Å²) < 4.78 is 54.3. The Hall–Kier alpha value is -2.53. The summed E-state index contributed by atoms with van der Waals surface area (Å²) in [5.74, 6) is -8.54. The SMILES string of the molecule is CC(F)(F)c1cc(Br)cc(C2C(C(=O)Nc3ccc(Cl)c(C(=O)Nc4ccc(F)c(N)c4F)c3)C2(Cl)Cl)c1. The molecule has 2 amide bonds. The Kier molecular flexibility index (Phi) is 7.66. The van der Waals surface area contributed by atoms with Gasteiger partial charge >= 0.3 is 0 Å². The van der Waals surface area contributed by atoms with Crippen molar-refractivity contribution in [3.63, 3.8) is 0 Å². The molecule has 0 aliphatic heterocycles. The first-order chi connectivity index (χ1) is 17.6. The van der Waals surface area contributed by atoms with Gasteiger partial charge in [0.15, 0.2) is 5.82 Å². The Balaban J connectivity index is 1.54. The molecule has 38 heavy (non-hydrogen) atoms. The lowest BCUT2D eigenvalue weighted by Crippen LogP contribution is -2.18. The Morgan fingerprint density at radius 2 is 1.74 bits per heavy atom. The molecular weight excluding hydrogens is 637 g/mol. The topological polar surface area (TPSA) is 84.2 Å². The fraction of sp³-hybridized carbons (Fsp3) is 0.200. The van der Waals surface area contributed by atoms with Gasteiger partial charge in [-0.1, -0.05) is 27.5 Å². The number of alkyl halides is 4. The van der Waals surface area contributed by atoms with Gasteiger partial charge in [0.05, 0.1) is 22.2 Å². The number of anilines is 3. The second kappa shape index (κ2) is 10.2. The van der Waals surface area contributed by atoms with Gasteiger partial charge in [0.2, 0.25) is 5.91 Å². The monoisotopic (exact) mass is 651 g/mol. The van der Waals surface area contributed by atoms with Crippen molar-refractivity contribution in [2.45, 2.75) is 23.1 Å². The molecule has 1 aliphatic carbocycles. The van der Waals surface area contributed by atoms with Gasteiger partial charge in [-0.05, 0) is 54.1 Å². The van der Waals surface area contributed by atoms with Crippen molar-refractivity contribution in [2.24, 2.45) is 5.92 Å². The predicted octanol–water partition coefficient (Wildman–Crippen LogP) is 7.85. The summed E-state index contributed by atoms with van der Waals surface area (Å²) in [6.45, 7) is 0.748. The average molecular weight is 654 g/mol. The van der Waals surface area contributed by atoms with Crippen molar-refractivity contribution >= 4 is 79.6 Å². The van der Waals surface area contributed by atoms with Crippen LogP contribution in [0.4, 0.5) is 34.6 Å². The normalized spacial score (nSPS) is 18.1. The zero-order valence-electron chi connectivity index (χ0n) is 19.2. The number of carbonyl (C=O) groups is 2. The number of hydrogen-bond donors (Lipinski definition) is 3. The molecule has 0 aromatic heterocycles. The molecule has 13 heteroatoms. The van der Waals surface area contributed by atoms with Crippen LogP contribution in [0.1, 0.15) is 34.3 Å². The lowest BCUT2D eigenvalue weighted by Gasteiger charge is -2.13. The quantitative estimate of drug-likeness (QED) is 0.144. The molecule has 3 aromatic carbocycles. The highest BCUT2D eigenvalue weighted by Gasteiger charge is 2.67. The highest BCUT2D eigenvalue weighted by Crippen LogP contribution is 2.65. The van der Waals surface area contributed by atoms with Gasteiger partial charge in [-0.25, -0.2) is 17.6 Å². The van der Waals surface area contributed by atoms with Crippen LogP contribution >= 0.6 is 50.7 Å². The van der Waals surface area contributed by atoms with Crippen molar-refractivity contribution in [1.82, 2.24) is 0 Å². The Bertz CT molecular complexity index is 1470. The molecule has 2 atom stereocenters. The molecule has 0 spiro atoms. The minimum absolute atomic E-state index is 0.0218. The number of halogens is 8. The molecular formula is C25H17BrCl3F4N3O2. The smallest absolute Gasteiger partial charge is 0.270 e. The highest BCUT2D eigenvalue weighted by molar-refractivity contribution is 9.10. The molecule has 4 rings (SSSR count). The van der Waals surface area contributed by atoms with E-state index in [-0.39, 0.29) is 27.5 Å². The maximum Gasteiger partial charge on any atom is 0.270 e. The number of nitrogens with one attached hydrogen (secondary N) is 2. The fourth-order valence-corrected chi connectivity index (χ4v) is 5.51. The van der Waals surface area contributed by atoms with Gasteiger partial charge in [-0.3, -0.25) is 9.59 Å². The molecule has 2 unspecified atom stereocenters. The minimum atomic E-state index is -3.13. The van der Waals surface area contributed by atoms with Gasteiger partial charge < -0.3 is 16.4 Å². The molecule has 1 saturated carbocycles.